The normalized spacial score (nSPS) is 32.2. The number of amides is 2. The van der Waals surface area contributed by atoms with Crippen LogP contribution in [0.25, 0.3) is 0 Å². The van der Waals surface area contributed by atoms with Crippen molar-refractivity contribution in [3.63, 3.8) is 0 Å². The van der Waals surface area contributed by atoms with Gasteiger partial charge in [0.15, 0.2) is 17.6 Å². The minimum Gasteiger partial charge on any atom is -0.492 e. The van der Waals surface area contributed by atoms with Crippen molar-refractivity contribution in [1.82, 2.24) is 31.5 Å². The topological polar surface area (TPSA) is 175 Å². The van der Waals surface area contributed by atoms with Gasteiger partial charge in [-0.2, -0.15) is 0 Å². The predicted octanol–water partition coefficient (Wildman–Crippen LogP) is -1.24. The van der Waals surface area contributed by atoms with Crippen molar-refractivity contribution in [3.8, 4) is 5.75 Å². The number of ether oxygens (including phenoxy) is 1. The highest BCUT2D eigenvalue weighted by Gasteiger charge is 2.66. The van der Waals surface area contributed by atoms with Crippen LogP contribution in [0.1, 0.15) is 43.1 Å². The number of aliphatic hydroxyl groups excluding tert-OH is 1. The van der Waals surface area contributed by atoms with E-state index in [-0.39, 0.29) is 42.2 Å². The van der Waals surface area contributed by atoms with Crippen LogP contribution in [0.2, 0.25) is 0 Å². The number of guanidine groups is 2. The summed E-state index contributed by atoms with van der Waals surface area (Å²) in [5, 5.41) is 43.0. The molecule has 3 saturated heterocycles. The first-order valence-electron chi connectivity index (χ1n) is 11.8. The summed E-state index contributed by atoms with van der Waals surface area (Å²) in [6.45, 7) is 6.53. The van der Waals surface area contributed by atoms with Crippen LogP contribution in [-0.2, 0) is 10.2 Å². The Kier molecular flexibility index (Phi) is 5.31. The molecule has 4 heterocycles. The highest BCUT2D eigenvalue weighted by molar-refractivity contribution is 5.98. The average molecular weight is 485 g/mol. The number of hydrogen-bond donors (Lipinski definition) is 8. The highest BCUT2D eigenvalue weighted by atomic mass is 16.5. The second-order valence-electron chi connectivity index (χ2n) is 10.3. The van der Waals surface area contributed by atoms with E-state index >= 15 is 0 Å². The summed E-state index contributed by atoms with van der Waals surface area (Å²) in [7, 11) is 0. The first-order valence-corrected chi connectivity index (χ1v) is 11.8. The molecule has 188 valence electrons. The minimum absolute atomic E-state index is 0.00288. The maximum absolute atomic E-state index is 13.4. The second kappa shape index (κ2) is 8.01. The lowest BCUT2D eigenvalue weighted by Gasteiger charge is -2.49. The number of carbonyl (C=O) groups is 2. The monoisotopic (exact) mass is 484 g/mol. The third-order valence-electron chi connectivity index (χ3n) is 7.60. The van der Waals surface area contributed by atoms with Crippen LogP contribution in [0.5, 0.6) is 5.75 Å². The molecule has 3 fully saturated rings. The van der Waals surface area contributed by atoms with Crippen LogP contribution < -0.4 is 31.3 Å². The summed E-state index contributed by atoms with van der Waals surface area (Å²) in [6, 6.07) is 3.80. The van der Waals surface area contributed by atoms with Crippen LogP contribution in [0.15, 0.2) is 18.2 Å². The molecule has 4 aliphatic heterocycles. The molecule has 8 N–H and O–H groups in total. The zero-order valence-electron chi connectivity index (χ0n) is 20.0. The summed E-state index contributed by atoms with van der Waals surface area (Å²) < 4.78 is 5.89. The highest BCUT2D eigenvalue weighted by Crippen LogP contribution is 2.41. The van der Waals surface area contributed by atoms with Gasteiger partial charge in [-0.15, -0.1) is 0 Å². The molecule has 1 spiro atoms. The van der Waals surface area contributed by atoms with Crippen molar-refractivity contribution in [2.75, 3.05) is 19.7 Å². The van der Waals surface area contributed by atoms with Gasteiger partial charge in [0, 0.05) is 25.6 Å². The van der Waals surface area contributed by atoms with E-state index in [2.05, 4.69) is 40.4 Å². The minimum atomic E-state index is -1.23. The van der Waals surface area contributed by atoms with Crippen LogP contribution in [0.3, 0.4) is 0 Å². The van der Waals surface area contributed by atoms with Gasteiger partial charge >= 0.3 is 0 Å². The molecule has 5 rings (SSSR count). The van der Waals surface area contributed by atoms with E-state index in [1.165, 1.54) is 6.92 Å². The van der Waals surface area contributed by atoms with E-state index in [9.17, 15) is 14.7 Å². The number of aliphatic hydroxyl groups is 1. The third-order valence-corrected chi connectivity index (χ3v) is 7.60. The van der Waals surface area contributed by atoms with Gasteiger partial charge in [0.05, 0.1) is 30.3 Å². The van der Waals surface area contributed by atoms with Crippen molar-refractivity contribution in [2.24, 2.45) is 0 Å². The van der Waals surface area contributed by atoms with E-state index in [1.54, 1.807) is 11.0 Å². The lowest BCUT2D eigenvalue weighted by atomic mass is 9.79. The lowest BCUT2D eigenvalue weighted by molar-refractivity contribution is -0.119. The molecule has 2 amide bonds. The van der Waals surface area contributed by atoms with Crippen LogP contribution >= 0.6 is 0 Å². The van der Waals surface area contributed by atoms with Gasteiger partial charge in [-0.3, -0.25) is 20.4 Å². The number of hydrogen-bond acceptors (Lipinski definition) is 6. The molecule has 12 heteroatoms. The fraction of sp³-hybridized carbons (Fsp3) is 0.565. The molecule has 1 aromatic rings. The number of fused-ring (bicyclic) bond motifs is 1. The molecule has 0 aliphatic carbocycles. The van der Waals surface area contributed by atoms with Gasteiger partial charge in [0.25, 0.3) is 5.91 Å². The van der Waals surface area contributed by atoms with Gasteiger partial charge in [-0.05, 0) is 17.9 Å². The average Bonchev–Trinajstić information content (AvgIpc) is 3.28. The predicted molar refractivity (Wildman–Crippen MR) is 127 cm³/mol. The molecular weight excluding hydrogens is 452 g/mol. The van der Waals surface area contributed by atoms with Crippen molar-refractivity contribution in [1.29, 1.82) is 10.8 Å². The Hall–Kier alpha value is -3.54. The number of carbonyl (C=O) groups excluding carboxylic acids is 2. The van der Waals surface area contributed by atoms with Crippen LogP contribution in [0, 0.1) is 10.8 Å². The summed E-state index contributed by atoms with van der Waals surface area (Å²) >= 11 is 0. The zero-order valence-corrected chi connectivity index (χ0v) is 20.0. The Balaban J connectivity index is 1.42. The van der Waals surface area contributed by atoms with Crippen molar-refractivity contribution in [3.05, 3.63) is 29.3 Å². The number of nitrogens with zero attached hydrogens (tertiary/aromatic N) is 1. The Morgan fingerprint density at radius 3 is 2.80 bits per heavy atom. The van der Waals surface area contributed by atoms with Gasteiger partial charge in [-0.1, -0.05) is 26.0 Å². The number of benzene rings is 1. The van der Waals surface area contributed by atoms with Crippen molar-refractivity contribution in [2.45, 2.75) is 62.5 Å². The summed E-state index contributed by atoms with van der Waals surface area (Å²) in [5.74, 6) is 0.0210. The van der Waals surface area contributed by atoms with Gasteiger partial charge < -0.3 is 41.3 Å². The molecule has 0 aromatic heterocycles. The third kappa shape index (κ3) is 3.54. The maximum atomic E-state index is 13.4. The number of para-hydroxylation sites is 1. The van der Waals surface area contributed by atoms with Gasteiger partial charge in [0.1, 0.15) is 11.9 Å². The Labute approximate surface area is 203 Å². The van der Waals surface area contributed by atoms with Crippen LogP contribution in [0.4, 0.5) is 0 Å². The molecule has 5 atom stereocenters. The summed E-state index contributed by atoms with van der Waals surface area (Å²) in [5.41, 5.74) is 0.0343. The quantitative estimate of drug-likeness (QED) is 0.262. The fourth-order valence-corrected chi connectivity index (χ4v) is 5.75. The van der Waals surface area contributed by atoms with E-state index in [0.717, 1.165) is 12.0 Å². The van der Waals surface area contributed by atoms with Crippen molar-refractivity contribution < 1.29 is 19.4 Å². The maximum Gasteiger partial charge on any atom is 0.255 e. The molecule has 35 heavy (non-hydrogen) atoms. The molecule has 12 nitrogen and oxygen atoms in total. The molecule has 3 unspecified atom stereocenters. The van der Waals surface area contributed by atoms with E-state index in [4.69, 9.17) is 15.6 Å². The van der Waals surface area contributed by atoms with Gasteiger partial charge in [0.2, 0.25) is 5.91 Å². The number of rotatable bonds is 4. The second-order valence-corrected chi connectivity index (χ2v) is 10.3. The first kappa shape index (κ1) is 23.2. The zero-order chi connectivity index (χ0) is 25.1. The molecule has 1 aromatic carbocycles. The van der Waals surface area contributed by atoms with E-state index in [1.807, 2.05) is 12.1 Å². The fourth-order valence-electron chi connectivity index (χ4n) is 5.75. The standard InChI is InChI=1S/C23H32N8O4/c1-11(32)26-9-14-17-23(30-20(24)29-17)18(33)15(10-31(23)21(25)28-14)27-19(34)12-5-4-6-13-16(12)35-8-7-22(13,2)3/h4-6,14-15,17-18,33H,7-10H2,1-3H3,(H2,25,28)(H,26,32)(H,27,34)(H3,24,29,30)/t14-,15?,17?,18+,23?/m0/s1. The molecular formula is C23H32N8O4. The van der Waals surface area contributed by atoms with Crippen LogP contribution in [-0.4, -0.2) is 83.3 Å². The summed E-state index contributed by atoms with van der Waals surface area (Å²) in [4.78, 5) is 26.5. The van der Waals surface area contributed by atoms with Gasteiger partial charge in [-0.25, -0.2) is 0 Å². The van der Waals surface area contributed by atoms with E-state index in [0.29, 0.717) is 17.9 Å². The Morgan fingerprint density at radius 2 is 2.06 bits per heavy atom. The molecule has 0 radical (unpaired) electrons. The SMILES string of the molecule is CC(=O)NC[C@@H]1NC(=N)N2CC(NC(=O)c3cccc4c3OCCC4(C)C)[C@@H](O)C23NC(=N)NC13. The smallest absolute Gasteiger partial charge is 0.255 e. The molecule has 0 bridgehead atoms. The van der Waals surface area contributed by atoms with Crippen molar-refractivity contribution >= 4 is 23.7 Å². The Bertz CT molecular complexity index is 1110. The molecule has 0 saturated carbocycles. The first-order chi connectivity index (χ1) is 16.5. The largest absolute Gasteiger partial charge is 0.492 e. The number of nitrogens with one attached hydrogen (secondary N) is 7. The van der Waals surface area contributed by atoms with E-state index < -0.39 is 29.9 Å². The summed E-state index contributed by atoms with van der Waals surface area (Å²) in [6.07, 6.45) is -0.295. The Morgan fingerprint density at radius 1 is 1.29 bits per heavy atom. The molecule has 4 aliphatic rings. The lowest BCUT2D eigenvalue weighted by Crippen LogP contribution is -2.78.